The summed E-state index contributed by atoms with van der Waals surface area (Å²) in [6.07, 6.45) is 8.22. The summed E-state index contributed by atoms with van der Waals surface area (Å²) in [7, 11) is 0. The Kier molecular flexibility index (Phi) is 20.8. The van der Waals surface area contributed by atoms with E-state index in [1.54, 1.807) is 0 Å². The molecule has 0 aliphatic carbocycles. The van der Waals surface area contributed by atoms with Crippen molar-refractivity contribution in [3.05, 3.63) is 12.2 Å². The molecule has 0 aliphatic heterocycles. The summed E-state index contributed by atoms with van der Waals surface area (Å²) in [6, 6.07) is 0. The van der Waals surface area contributed by atoms with Gasteiger partial charge in [0.05, 0.1) is 13.2 Å². The molecule has 0 heterocycles. The number of hydrogen-bond donors (Lipinski definition) is 0. The zero-order valence-electron chi connectivity index (χ0n) is 17.4. The van der Waals surface area contributed by atoms with Gasteiger partial charge in [-0.2, -0.15) is 0 Å². The van der Waals surface area contributed by atoms with E-state index in [-0.39, 0.29) is 12.9 Å². The van der Waals surface area contributed by atoms with Crippen molar-refractivity contribution >= 4 is 24.9 Å². The lowest BCUT2D eigenvalue weighted by Crippen LogP contribution is -2.23. The maximum absolute atomic E-state index is 11.1. The molecule has 2 atom stereocenters. The Labute approximate surface area is 167 Å². The van der Waals surface area contributed by atoms with E-state index >= 15 is 0 Å². The van der Waals surface area contributed by atoms with Crippen LogP contribution in [-0.2, 0) is 38.1 Å². The summed E-state index contributed by atoms with van der Waals surface area (Å²) in [6.45, 7) is 8.33. The summed E-state index contributed by atoms with van der Waals surface area (Å²) >= 11 is 0. The highest BCUT2D eigenvalue weighted by molar-refractivity contribution is 5.75. The second kappa shape index (κ2) is 20.9. The number of hydrogen-bond acceptors (Lipinski definition) is 8. The van der Waals surface area contributed by atoms with Crippen LogP contribution in [0.15, 0.2) is 12.2 Å². The molecule has 8 nitrogen and oxygen atoms in total. The molecule has 8 heteroatoms. The smallest absolute Gasteiger partial charge is 0.347 e. The molecular formula is C20H34O8. The Balaban J connectivity index is 0. The van der Waals surface area contributed by atoms with Gasteiger partial charge in [0, 0.05) is 0 Å². The van der Waals surface area contributed by atoms with Crippen molar-refractivity contribution in [3.63, 3.8) is 0 Å². The van der Waals surface area contributed by atoms with Crippen LogP contribution in [0, 0.1) is 0 Å². The number of carbonyl (C=O) groups is 4. The number of ether oxygens (including phenoxy) is 4. The molecule has 162 valence electrons. The first-order valence-corrected chi connectivity index (χ1v) is 9.60. The van der Waals surface area contributed by atoms with Crippen LogP contribution in [0.5, 0.6) is 0 Å². The number of allylic oxidation sites excluding steroid dienone is 1. The van der Waals surface area contributed by atoms with Crippen molar-refractivity contribution in [2.45, 2.75) is 78.4 Å². The Morgan fingerprint density at radius 1 is 0.786 bits per heavy atom. The molecule has 0 rings (SSSR count). The van der Waals surface area contributed by atoms with Crippen LogP contribution >= 0.6 is 0 Å². The maximum Gasteiger partial charge on any atom is 0.347 e. The first-order chi connectivity index (χ1) is 13.4. The van der Waals surface area contributed by atoms with Gasteiger partial charge in [0.1, 0.15) is 0 Å². The van der Waals surface area contributed by atoms with Gasteiger partial charge >= 0.3 is 11.9 Å². The number of rotatable bonds is 15. The lowest BCUT2D eigenvalue weighted by Gasteiger charge is -2.09. The third kappa shape index (κ3) is 18.4. The maximum atomic E-state index is 11.1. The second-order valence-corrected chi connectivity index (χ2v) is 5.81. The van der Waals surface area contributed by atoms with E-state index in [4.69, 9.17) is 9.47 Å². The summed E-state index contributed by atoms with van der Waals surface area (Å²) < 4.78 is 18.5. The van der Waals surface area contributed by atoms with Gasteiger partial charge < -0.3 is 18.9 Å². The quantitative estimate of drug-likeness (QED) is 0.135. The molecular weight excluding hydrogens is 368 g/mol. The minimum absolute atomic E-state index is 0.239. The molecule has 0 amide bonds. The SMILES string of the molecule is CCC=CCCOC(=O)C(C)OC=O.CCCCCCOC(=O)C(C)OC=O. The number of carbonyl (C=O) groups excluding carboxylic acids is 4. The normalized spacial score (nSPS) is 12.1. The molecule has 0 spiro atoms. The van der Waals surface area contributed by atoms with Gasteiger partial charge in [-0.15, -0.1) is 0 Å². The van der Waals surface area contributed by atoms with Gasteiger partial charge in [0.2, 0.25) is 0 Å². The average molecular weight is 402 g/mol. The Morgan fingerprint density at radius 2 is 1.32 bits per heavy atom. The van der Waals surface area contributed by atoms with E-state index in [9.17, 15) is 19.2 Å². The van der Waals surface area contributed by atoms with E-state index in [2.05, 4.69) is 16.4 Å². The van der Waals surface area contributed by atoms with Gasteiger partial charge in [0.25, 0.3) is 12.9 Å². The van der Waals surface area contributed by atoms with Gasteiger partial charge in [-0.25, -0.2) is 9.59 Å². The highest BCUT2D eigenvalue weighted by Gasteiger charge is 2.14. The lowest BCUT2D eigenvalue weighted by molar-refractivity contribution is -0.160. The van der Waals surface area contributed by atoms with E-state index in [0.717, 1.165) is 32.1 Å². The zero-order chi connectivity index (χ0) is 21.6. The first kappa shape index (κ1) is 27.8. The topological polar surface area (TPSA) is 105 Å². The summed E-state index contributed by atoms with van der Waals surface area (Å²) in [5.74, 6) is -0.990. The molecule has 0 aromatic carbocycles. The van der Waals surface area contributed by atoms with Crippen LogP contribution in [0.4, 0.5) is 0 Å². The predicted molar refractivity (Wildman–Crippen MR) is 103 cm³/mol. The van der Waals surface area contributed by atoms with Gasteiger partial charge in [-0.1, -0.05) is 45.3 Å². The minimum atomic E-state index is -0.817. The monoisotopic (exact) mass is 402 g/mol. The minimum Gasteiger partial charge on any atom is -0.463 e. The van der Waals surface area contributed by atoms with Crippen LogP contribution in [0.3, 0.4) is 0 Å². The third-order valence-corrected chi connectivity index (χ3v) is 3.36. The first-order valence-electron chi connectivity index (χ1n) is 9.60. The summed E-state index contributed by atoms with van der Waals surface area (Å²) in [5, 5.41) is 0. The number of unbranched alkanes of at least 4 members (excludes halogenated alkanes) is 3. The zero-order valence-corrected chi connectivity index (χ0v) is 17.4. The average Bonchev–Trinajstić information content (AvgIpc) is 2.68. The van der Waals surface area contributed by atoms with Crippen molar-refractivity contribution in [1.82, 2.24) is 0 Å². The van der Waals surface area contributed by atoms with E-state index in [0.29, 0.717) is 19.6 Å². The Morgan fingerprint density at radius 3 is 1.79 bits per heavy atom. The van der Waals surface area contributed by atoms with Crippen LogP contribution in [0.1, 0.15) is 66.2 Å². The Bertz CT molecular complexity index is 447. The fourth-order valence-electron chi connectivity index (χ4n) is 1.73. The highest BCUT2D eigenvalue weighted by atomic mass is 16.6. The molecule has 0 saturated heterocycles. The second-order valence-electron chi connectivity index (χ2n) is 5.81. The van der Waals surface area contributed by atoms with Crippen molar-refractivity contribution in [1.29, 1.82) is 0 Å². The molecule has 0 aromatic heterocycles. The highest BCUT2D eigenvalue weighted by Crippen LogP contribution is 2.00. The van der Waals surface area contributed by atoms with Crippen LogP contribution in [0.2, 0.25) is 0 Å². The molecule has 2 unspecified atom stereocenters. The van der Waals surface area contributed by atoms with Crippen LogP contribution < -0.4 is 0 Å². The summed E-state index contributed by atoms with van der Waals surface area (Å²) in [4.78, 5) is 41.9. The van der Waals surface area contributed by atoms with Crippen molar-refractivity contribution in [3.8, 4) is 0 Å². The molecule has 0 aliphatic rings. The van der Waals surface area contributed by atoms with Crippen LogP contribution in [-0.4, -0.2) is 50.3 Å². The van der Waals surface area contributed by atoms with E-state index < -0.39 is 24.1 Å². The van der Waals surface area contributed by atoms with Crippen molar-refractivity contribution < 1.29 is 38.1 Å². The fraction of sp³-hybridized carbons (Fsp3) is 0.700. The molecule has 0 fully saturated rings. The van der Waals surface area contributed by atoms with Crippen molar-refractivity contribution in [2.24, 2.45) is 0 Å². The third-order valence-electron chi connectivity index (χ3n) is 3.36. The molecule has 0 aromatic rings. The molecule has 0 saturated carbocycles. The molecule has 0 N–H and O–H groups in total. The Hall–Kier alpha value is -2.38. The predicted octanol–water partition coefficient (Wildman–Crippen LogP) is 3.12. The molecule has 28 heavy (non-hydrogen) atoms. The number of esters is 2. The van der Waals surface area contributed by atoms with E-state index in [1.807, 2.05) is 19.1 Å². The summed E-state index contributed by atoms with van der Waals surface area (Å²) in [5.41, 5.74) is 0. The standard InChI is InChI=1S/C10H18O4.C10H16O4/c2*1-3-4-5-6-7-13-10(12)9(2)14-8-11/h8-9H,3-7H2,1-2H3;4-5,8-9H,3,6-7H2,1-2H3. The lowest BCUT2D eigenvalue weighted by atomic mass is 10.2. The van der Waals surface area contributed by atoms with Crippen LogP contribution in [0.25, 0.3) is 0 Å². The largest absolute Gasteiger partial charge is 0.463 e. The molecule has 0 bridgehead atoms. The fourth-order valence-corrected chi connectivity index (χ4v) is 1.73. The van der Waals surface area contributed by atoms with Gasteiger partial charge in [0.15, 0.2) is 12.2 Å². The van der Waals surface area contributed by atoms with Gasteiger partial charge in [-0.05, 0) is 33.1 Å². The van der Waals surface area contributed by atoms with Gasteiger partial charge in [-0.3, -0.25) is 9.59 Å². The van der Waals surface area contributed by atoms with Crippen molar-refractivity contribution in [2.75, 3.05) is 13.2 Å². The molecule has 0 radical (unpaired) electrons. The van der Waals surface area contributed by atoms with E-state index in [1.165, 1.54) is 13.8 Å².